The van der Waals surface area contributed by atoms with Gasteiger partial charge in [-0.3, -0.25) is 9.89 Å². The summed E-state index contributed by atoms with van der Waals surface area (Å²) in [4.78, 5) is 12.3. The molecule has 0 fully saturated rings. The number of nitrogens with zero attached hydrogens (tertiary/aromatic N) is 1. The van der Waals surface area contributed by atoms with E-state index in [1.807, 2.05) is 38.1 Å². The van der Waals surface area contributed by atoms with Gasteiger partial charge in [0.05, 0.1) is 5.69 Å². The number of hydrogen-bond acceptors (Lipinski definition) is 1. The fraction of sp³-hybridized carbons (Fsp3) is 0.400. The summed E-state index contributed by atoms with van der Waals surface area (Å²) >= 11 is 0. The zero-order valence-corrected chi connectivity index (χ0v) is 11.7. The van der Waals surface area contributed by atoms with Crippen LogP contribution in [0.4, 0.5) is 0 Å². The summed E-state index contributed by atoms with van der Waals surface area (Å²) in [7, 11) is 0. The highest BCUT2D eigenvalue weighted by atomic mass is 16.1. The summed E-state index contributed by atoms with van der Waals surface area (Å²) in [5.74, 6) is 0. The smallest absolute Gasteiger partial charge is 0.274 e. The molecule has 0 aliphatic carbocycles. The fourth-order valence-electron chi connectivity index (χ4n) is 2.20. The number of aryl methyl sites for hydroxylation is 1. The molecule has 1 aromatic heterocycles. The minimum Gasteiger partial charge on any atom is -0.294 e. The van der Waals surface area contributed by atoms with E-state index in [1.165, 1.54) is 0 Å². The van der Waals surface area contributed by atoms with E-state index in [4.69, 9.17) is 0 Å². The van der Waals surface area contributed by atoms with Gasteiger partial charge in [0, 0.05) is 16.7 Å². The Morgan fingerprint density at radius 2 is 1.83 bits per heavy atom. The van der Waals surface area contributed by atoms with Crippen LogP contribution in [0.25, 0.3) is 5.69 Å². The maximum atomic E-state index is 12.3. The molecule has 3 nitrogen and oxygen atoms in total. The fourth-order valence-corrected chi connectivity index (χ4v) is 2.20. The first kappa shape index (κ1) is 12.7. The minimum atomic E-state index is -0.0572. The number of benzene rings is 1. The van der Waals surface area contributed by atoms with Crippen LogP contribution in [-0.4, -0.2) is 9.78 Å². The largest absolute Gasteiger partial charge is 0.294 e. The molecule has 0 saturated carbocycles. The van der Waals surface area contributed by atoms with Crippen LogP contribution < -0.4 is 5.56 Å². The molecule has 96 valence electrons. The van der Waals surface area contributed by atoms with Crippen LogP contribution in [0, 0.1) is 13.8 Å². The Bertz CT molecular complexity index is 627. The molecule has 0 bridgehead atoms. The van der Waals surface area contributed by atoms with E-state index in [1.54, 1.807) is 4.68 Å². The van der Waals surface area contributed by atoms with Gasteiger partial charge in [-0.1, -0.05) is 32.9 Å². The molecule has 0 spiro atoms. The summed E-state index contributed by atoms with van der Waals surface area (Å²) in [6.07, 6.45) is 0. The summed E-state index contributed by atoms with van der Waals surface area (Å²) in [5.41, 5.74) is 3.80. The van der Waals surface area contributed by atoms with Crippen molar-refractivity contribution in [2.45, 2.75) is 40.0 Å². The molecule has 2 rings (SSSR count). The number of rotatable bonds is 1. The van der Waals surface area contributed by atoms with Crippen molar-refractivity contribution in [1.29, 1.82) is 0 Å². The Balaban J connectivity index is 2.64. The van der Waals surface area contributed by atoms with Crippen molar-refractivity contribution in [3.8, 4) is 5.69 Å². The Hall–Kier alpha value is -1.77. The van der Waals surface area contributed by atoms with Crippen molar-refractivity contribution in [3.05, 3.63) is 51.4 Å². The van der Waals surface area contributed by atoms with Crippen LogP contribution >= 0.6 is 0 Å². The maximum Gasteiger partial charge on any atom is 0.274 e. The maximum absolute atomic E-state index is 12.3. The quantitative estimate of drug-likeness (QED) is 0.822. The van der Waals surface area contributed by atoms with Crippen molar-refractivity contribution in [3.63, 3.8) is 0 Å². The van der Waals surface area contributed by atoms with Crippen molar-refractivity contribution in [1.82, 2.24) is 9.78 Å². The Labute approximate surface area is 107 Å². The van der Waals surface area contributed by atoms with Crippen molar-refractivity contribution < 1.29 is 0 Å². The highest BCUT2D eigenvalue weighted by Gasteiger charge is 2.22. The molecule has 0 aliphatic heterocycles. The van der Waals surface area contributed by atoms with Crippen LogP contribution in [-0.2, 0) is 5.41 Å². The van der Waals surface area contributed by atoms with Crippen molar-refractivity contribution >= 4 is 0 Å². The van der Waals surface area contributed by atoms with Gasteiger partial charge in [-0.2, -0.15) is 0 Å². The van der Waals surface area contributed by atoms with Gasteiger partial charge in [-0.05, 0) is 31.5 Å². The van der Waals surface area contributed by atoms with Gasteiger partial charge in [0.25, 0.3) is 5.56 Å². The van der Waals surface area contributed by atoms with E-state index in [0.717, 1.165) is 22.5 Å². The second kappa shape index (κ2) is 4.16. The molecule has 0 atom stereocenters. The molecule has 3 heteroatoms. The standard InChI is InChI=1S/C15H20N2O/c1-10-7-6-8-12(9-10)17-14(18)11(2)13(16-17)15(3,4)5/h6-9,16H,1-5H3. The predicted molar refractivity (Wildman–Crippen MR) is 74.6 cm³/mol. The third-order valence-corrected chi connectivity index (χ3v) is 3.13. The number of aromatic nitrogens is 2. The molecule has 0 amide bonds. The SMILES string of the molecule is Cc1cccc(-n2[nH]c(C(C)(C)C)c(C)c2=O)c1. The predicted octanol–water partition coefficient (Wildman–Crippen LogP) is 3.08. The number of H-pyrrole nitrogens is 1. The number of hydrogen-bond donors (Lipinski definition) is 1. The Morgan fingerprint density at radius 3 is 2.33 bits per heavy atom. The summed E-state index contributed by atoms with van der Waals surface area (Å²) < 4.78 is 1.63. The second-order valence-electron chi connectivity index (χ2n) is 5.84. The molecular formula is C15H20N2O. The number of nitrogens with one attached hydrogen (secondary N) is 1. The van der Waals surface area contributed by atoms with Gasteiger partial charge in [0.2, 0.25) is 0 Å². The first-order valence-corrected chi connectivity index (χ1v) is 6.20. The van der Waals surface area contributed by atoms with E-state index in [-0.39, 0.29) is 11.0 Å². The van der Waals surface area contributed by atoms with E-state index in [9.17, 15) is 4.79 Å². The monoisotopic (exact) mass is 244 g/mol. The molecule has 2 aromatic rings. The molecule has 18 heavy (non-hydrogen) atoms. The Morgan fingerprint density at radius 1 is 1.17 bits per heavy atom. The van der Waals surface area contributed by atoms with Gasteiger partial charge in [-0.15, -0.1) is 0 Å². The molecular weight excluding hydrogens is 224 g/mol. The molecule has 1 aromatic carbocycles. The van der Waals surface area contributed by atoms with Gasteiger partial charge in [0.1, 0.15) is 0 Å². The van der Waals surface area contributed by atoms with Gasteiger partial charge < -0.3 is 0 Å². The van der Waals surface area contributed by atoms with Crippen LogP contribution in [0.1, 0.15) is 37.6 Å². The lowest BCUT2D eigenvalue weighted by Gasteiger charge is -2.17. The van der Waals surface area contributed by atoms with Crippen LogP contribution in [0.3, 0.4) is 0 Å². The zero-order valence-electron chi connectivity index (χ0n) is 11.7. The zero-order chi connectivity index (χ0) is 13.5. The van der Waals surface area contributed by atoms with E-state index in [0.29, 0.717) is 0 Å². The van der Waals surface area contributed by atoms with Gasteiger partial charge in [-0.25, -0.2) is 4.68 Å². The highest BCUT2D eigenvalue weighted by Crippen LogP contribution is 2.22. The first-order valence-electron chi connectivity index (χ1n) is 6.20. The lowest BCUT2D eigenvalue weighted by Crippen LogP contribution is -2.15. The molecule has 0 radical (unpaired) electrons. The first-order chi connectivity index (χ1) is 8.30. The lowest BCUT2D eigenvalue weighted by molar-refractivity contribution is 0.557. The van der Waals surface area contributed by atoms with Crippen LogP contribution in [0.2, 0.25) is 0 Å². The lowest BCUT2D eigenvalue weighted by atomic mass is 9.90. The van der Waals surface area contributed by atoms with Crippen molar-refractivity contribution in [2.24, 2.45) is 0 Å². The summed E-state index contributed by atoms with van der Waals surface area (Å²) in [6.45, 7) is 10.2. The average molecular weight is 244 g/mol. The average Bonchev–Trinajstić information content (AvgIpc) is 2.55. The molecule has 1 N–H and O–H groups in total. The van der Waals surface area contributed by atoms with Gasteiger partial charge in [0.15, 0.2) is 0 Å². The van der Waals surface area contributed by atoms with Crippen LogP contribution in [0.5, 0.6) is 0 Å². The third kappa shape index (κ3) is 2.13. The Kier molecular flexibility index (Phi) is 2.93. The summed E-state index contributed by atoms with van der Waals surface area (Å²) in [5, 5.41) is 3.24. The van der Waals surface area contributed by atoms with E-state index >= 15 is 0 Å². The molecule has 0 aliphatic rings. The third-order valence-electron chi connectivity index (χ3n) is 3.13. The topological polar surface area (TPSA) is 37.8 Å². The molecule has 0 unspecified atom stereocenters. The molecule has 0 saturated heterocycles. The van der Waals surface area contributed by atoms with E-state index < -0.39 is 0 Å². The number of aromatic amines is 1. The highest BCUT2D eigenvalue weighted by molar-refractivity contribution is 5.36. The normalized spacial score (nSPS) is 11.8. The van der Waals surface area contributed by atoms with Gasteiger partial charge >= 0.3 is 0 Å². The summed E-state index contributed by atoms with van der Waals surface area (Å²) in [6, 6.07) is 7.93. The van der Waals surface area contributed by atoms with Crippen molar-refractivity contribution in [2.75, 3.05) is 0 Å². The van der Waals surface area contributed by atoms with Crippen LogP contribution in [0.15, 0.2) is 29.1 Å². The minimum absolute atomic E-state index is 0.0329. The van der Waals surface area contributed by atoms with E-state index in [2.05, 4.69) is 25.9 Å². The molecule has 1 heterocycles. The second-order valence-corrected chi connectivity index (χ2v) is 5.84.